The van der Waals surface area contributed by atoms with E-state index in [-0.39, 0.29) is 11.9 Å². The van der Waals surface area contributed by atoms with Crippen LogP contribution in [-0.2, 0) is 0 Å². The number of pyridine rings is 1. The van der Waals surface area contributed by atoms with Crippen molar-refractivity contribution in [3.05, 3.63) is 49.2 Å². The fourth-order valence-corrected chi connectivity index (χ4v) is 2.34. The quantitative estimate of drug-likeness (QED) is 0.574. The second-order valence-corrected chi connectivity index (χ2v) is 4.92. The zero-order valence-electron chi connectivity index (χ0n) is 12.0. The molecule has 8 heteroatoms. The Morgan fingerprint density at radius 3 is 2.39 bits per heavy atom. The lowest BCUT2D eigenvalue weighted by atomic mass is 10.1. The number of fused-ring (bicyclic) bond motifs is 1. The summed E-state index contributed by atoms with van der Waals surface area (Å²) < 4.78 is 1.94. The number of nitrogen functional groups attached to an aromatic ring is 2. The fraction of sp³-hybridized carbons (Fsp3) is 0. The van der Waals surface area contributed by atoms with Crippen molar-refractivity contribution in [3.8, 4) is 22.5 Å². The summed E-state index contributed by atoms with van der Waals surface area (Å²) in [6, 6.07) is 5.66. The predicted molar refractivity (Wildman–Crippen MR) is 86.1 cm³/mol. The van der Waals surface area contributed by atoms with Crippen LogP contribution in [0, 0.1) is 0 Å². The summed E-state index contributed by atoms with van der Waals surface area (Å²) in [7, 11) is 0. The Morgan fingerprint density at radius 2 is 1.61 bits per heavy atom. The van der Waals surface area contributed by atoms with Crippen molar-refractivity contribution < 1.29 is 0 Å². The summed E-state index contributed by atoms with van der Waals surface area (Å²) in [5.74, 6) is 0.468. The molecule has 4 aromatic rings. The Hall–Kier alpha value is -3.55. The summed E-state index contributed by atoms with van der Waals surface area (Å²) in [6.07, 6.45) is 8.69. The molecule has 0 aliphatic rings. The van der Waals surface area contributed by atoms with E-state index in [9.17, 15) is 0 Å². The van der Waals surface area contributed by atoms with E-state index in [1.807, 2.05) is 22.7 Å². The highest BCUT2D eigenvalue weighted by Gasteiger charge is 2.09. The highest BCUT2D eigenvalue weighted by molar-refractivity contribution is 5.67. The number of hydrogen-bond donors (Lipinski definition) is 2. The van der Waals surface area contributed by atoms with Crippen LogP contribution in [0.5, 0.6) is 0 Å². The topological polar surface area (TPSA) is 121 Å². The van der Waals surface area contributed by atoms with Crippen molar-refractivity contribution in [2.75, 3.05) is 11.5 Å². The first-order valence-corrected chi connectivity index (χ1v) is 6.84. The van der Waals surface area contributed by atoms with Crippen molar-refractivity contribution in [1.82, 2.24) is 29.3 Å². The van der Waals surface area contributed by atoms with Gasteiger partial charge in [0.05, 0.1) is 17.6 Å². The van der Waals surface area contributed by atoms with Gasteiger partial charge in [-0.25, -0.2) is 24.9 Å². The molecule has 0 amide bonds. The van der Waals surface area contributed by atoms with Crippen molar-refractivity contribution in [1.29, 1.82) is 0 Å². The zero-order valence-corrected chi connectivity index (χ0v) is 12.0. The molecule has 0 aliphatic heterocycles. The van der Waals surface area contributed by atoms with E-state index < -0.39 is 0 Å². The van der Waals surface area contributed by atoms with Crippen LogP contribution in [0.4, 0.5) is 11.9 Å². The zero-order chi connectivity index (χ0) is 15.8. The molecule has 0 bridgehead atoms. The number of nitrogens with zero attached hydrogens (tertiary/aromatic N) is 6. The Balaban J connectivity index is 1.88. The summed E-state index contributed by atoms with van der Waals surface area (Å²) in [5, 5.41) is 0. The van der Waals surface area contributed by atoms with Gasteiger partial charge >= 0.3 is 0 Å². The van der Waals surface area contributed by atoms with Crippen LogP contribution in [0.2, 0.25) is 0 Å². The van der Waals surface area contributed by atoms with Crippen LogP contribution < -0.4 is 11.5 Å². The Labute approximate surface area is 130 Å². The Morgan fingerprint density at radius 1 is 0.783 bits per heavy atom. The van der Waals surface area contributed by atoms with E-state index in [0.29, 0.717) is 5.69 Å². The molecule has 0 aromatic carbocycles. The number of aromatic nitrogens is 6. The van der Waals surface area contributed by atoms with E-state index in [4.69, 9.17) is 11.5 Å². The molecule has 0 fully saturated rings. The number of imidazole rings is 1. The van der Waals surface area contributed by atoms with Crippen molar-refractivity contribution in [2.24, 2.45) is 0 Å². The van der Waals surface area contributed by atoms with Crippen molar-refractivity contribution in [3.63, 3.8) is 0 Å². The van der Waals surface area contributed by atoms with Crippen LogP contribution in [0.15, 0.2) is 49.2 Å². The molecule has 4 N–H and O–H groups in total. The van der Waals surface area contributed by atoms with Gasteiger partial charge < -0.3 is 11.5 Å². The Bertz CT molecular complexity index is 990. The van der Waals surface area contributed by atoms with Gasteiger partial charge in [0, 0.05) is 35.9 Å². The molecule has 0 saturated carbocycles. The van der Waals surface area contributed by atoms with Gasteiger partial charge in [0.1, 0.15) is 5.65 Å². The summed E-state index contributed by atoms with van der Waals surface area (Å²) >= 11 is 0. The third-order valence-electron chi connectivity index (χ3n) is 3.45. The maximum absolute atomic E-state index is 5.66. The molecule has 0 radical (unpaired) electrons. The fourth-order valence-electron chi connectivity index (χ4n) is 2.34. The first-order chi connectivity index (χ1) is 11.2. The second kappa shape index (κ2) is 5.02. The number of anilines is 2. The van der Waals surface area contributed by atoms with Gasteiger partial charge in [-0.2, -0.15) is 0 Å². The SMILES string of the molecule is Nc1ncc(-c2ccc3ncc(-c4ccnc(N)n4)n3c2)cn1. The van der Waals surface area contributed by atoms with Crippen LogP contribution in [0.3, 0.4) is 0 Å². The van der Waals surface area contributed by atoms with Crippen LogP contribution in [0.25, 0.3) is 28.2 Å². The number of rotatable bonds is 2. The van der Waals surface area contributed by atoms with Gasteiger partial charge in [0.2, 0.25) is 11.9 Å². The second-order valence-electron chi connectivity index (χ2n) is 4.92. The number of nitrogens with two attached hydrogens (primary N) is 2. The van der Waals surface area contributed by atoms with Crippen molar-refractivity contribution in [2.45, 2.75) is 0 Å². The minimum absolute atomic E-state index is 0.223. The highest BCUT2D eigenvalue weighted by atomic mass is 15.0. The maximum atomic E-state index is 5.66. The van der Waals surface area contributed by atoms with Gasteiger partial charge in [-0.3, -0.25) is 4.40 Å². The number of hydrogen-bond acceptors (Lipinski definition) is 7. The third kappa shape index (κ3) is 2.31. The molecule has 0 aliphatic carbocycles. The maximum Gasteiger partial charge on any atom is 0.220 e. The van der Waals surface area contributed by atoms with E-state index in [1.165, 1.54) is 0 Å². The van der Waals surface area contributed by atoms with E-state index >= 15 is 0 Å². The van der Waals surface area contributed by atoms with Crippen LogP contribution in [-0.4, -0.2) is 29.3 Å². The monoisotopic (exact) mass is 304 g/mol. The standard InChI is InChI=1S/C15H12N8/c16-14-20-5-10(6-21-14)9-1-2-13-19-7-12(23(13)8-9)11-3-4-18-15(17)22-11/h1-8H,(H2,16,20,21)(H2,17,18,22). The molecule has 8 nitrogen and oxygen atoms in total. The lowest BCUT2D eigenvalue weighted by Crippen LogP contribution is -1.97. The molecule has 4 rings (SSSR count). The third-order valence-corrected chi connectivity index (χ3v) is 3.45. The molecule has 4 heterocycles. The largest absolute Gasteiger partial charge is 0.368 e. The van der Waals surface area contributed by atoms with Gasteiger partial charge in [-0.15, -0.1) is 0 Å². The first kappa shape index (κ1) is 13.1. The van der Waals surface area contributed by atoms with Gasteiger partial charge in [0.25, 0.3) is 0 Å². The Kier molecular flexibility index (Phi) is 2.87. The summed E-state index contributed by atoms with van der Waals surface area (Å²) in [5.41, 5.74) is 15.3. The van der Waals surface area contributed by atoms with Gasteiger partial charge in [0.15, 0.2) is 0 Å². The average Bonchev–Trinajstić information content (AvgIpc) is 2.98. The molecular formula is C15H12N8. The smallest absolute Gasteiger partial charge is 0.220 e. The van der Waals surface area contributed by atoms with Crippen LogP contribution in [0.1, 0.15) is 0 Å². The molecular weight excluding hydrogens is 292 g/mol. The minimum Gasteiger partial charge on any atom is -0.368 e. The normalized spacial score (nSPS) is 11.0. The van der Waals surface area contributed by atoms with Crippen LogP contribution >= 0.6 is 0 Å². The molecule has 4 aromatic heterocycles. The predicted octanol–water partition coefficient (Wildman–Crippen LogP) is 1.41. The van der Waals surface area contributed by atoms with Gasteiger partial charge in [-0.1, -0.05) is 0 Å². The first-order valence-electron chi connectivity index (χ1n) is 6.84. The van der Waals surface area contributed by atoms with Gasteiger partial charge in [-0.05, 0) is 18.2 Å². The molecule has 0 saturated heterocycles. The lowest BCUT2D eigenvalue weighted by Gasteiger charge is -2.05. The molecule has 0 spiro atoms. The lowest BCUT2D eigenvalue weighted by molar-refractivity contribution is 1.13. The molecule has 0 unspecified atom stereocenters. The van der Waals surface area contributed by atoms with Crippen molar-refractivity contribution >= 4 is 17.5 Å². The average molecular weight is 304 g/mol. The van der Waals surface area contributed by atoms with E-state index in [0.717, 1.165) is 22.5 Å². The molecule has 0 atom stereocenters. The van der Waals surface area contributed by atoms with E-state index in [1.54, 1.807) is 30.9 Å². The molecule has 112 valence electrons. The minimum atomic E-state index is 0.223. The highest BCUT2D eigenvalue weighted by Crippen LogP contribution is 2.23. The van der Waals surface area contributed by atoms with E-state index in [2.05, 4.69) is 24.9 Å². The summed E-state index contributed by atoms with van der Waals surface area (Å²) in [6.45, 7) is 0. The summed E-state index contributed by atoms with van der Waals surface area (Å²) in [4.78, 5) is 20.6. The molecule has 23 heavy (non-hydrogen) atoms.